The Morgan fingerprint density at radius 3 is 2.58 bits per heavy atom. The average Bonchev–Trinajstić information content (AvgIpc) is 2.33. The SMILES string of the molecule is CCNc1ncc(Cl)c(N(CC)C(C)CN(C)C)n1. The van der Waals surface area contributed by atoms with E-state index < -0.39 is 0 Å². The van der Waals surface area contributed by atoms with Gasteiger partial charge < -0.3 is 15.1 Å². The average molecular weight is 286 g/mol. The quantitative estimate of drug-likeness (QED) is 0.833. The van der Waals surface area contributed by atoms with Crippen LogP contribution < -0.4 is 10.2 Å². The summed E-state index contributed by atoms with van der Waals surface area (Å²) >= 11 is 6.24. The van der Waals surface area contributed by atoms with Gasteiger partial charge in [0.2, 0.25) is 5.95 Å². The molecule has 1 unspecified atom stereocenters. The van der Waals surface area contributed by atoms with Crippen molar-refractivity contribution in [2.24, 2.45) is 0 Å². The highest BCUT2D eigenvalue weighted by molar-refractivity contribution is 6.32. The lowest BCUT2D eigenvalue weighted by atomic mass is 10.2. The molecule has 0 saturated carbocycles. The maximum Gasteiger partial charge on any atom is 0.224 e. The van der Waals surface area contributed by atoms with Gasteiger partial charge in [-0.05, 0) is 34.9 Å². The third-order valence-corrected chi connectivity index (χ3v) is 3.10. The van der Waals surface area contributed by atoms with Crippen LogP contribution in [0.25, 0.3) is 0 Å². The maximum atomic E-state index is 6.24. The van der Waals surface area contributed by atoms with Crippen LogP contribution in [0.4, 0.5) is 11.8 Å². The van der Waals surface area contributed by atoms with Gasteiger partial charge in [-0.2, -0.15) is 4.98 Å². The number of likely N-dealkylation sites (N-methyl/N-ethyl adjacent to an activating group) is 2. The summed E-state index contributed by atoms with van der Waals surface area (Å²) in [5.41, 5.74) is 0. The van der Waals surface area contributed by atoms with Gasteiger partial charge in [0.25, 0.3) is 0 Å². The lowest BCUT2D eigenvalue weighted by molar-refractivity contribution is 0.372. The first kappa shape index (κ1) is 16.0. The standard InChI is InChI=1S/C13H24ClN5/c1-6-15-13-16-8-11(14)12(17-13)19(7-2)10(3)9-18(4)5/h8,10H,6-7,9H2,1-5H3,(H,15,16,17). The first-order valence-corrected chi connectivity index (χ1v) is 7.05. The Kier molecular flexibility index (Phi) is 6.31. The summed E-state index contributed by atoms with van der Waals surface area (Å²) < 4.78 is 0. The van der Waals surface area contributed by atoms with Crippen molar-refractivity contribution in [2.45, 2.75) is 26.8 Å². The van der Waals surface area contributed by atoms with Gasteiger partial charge in [0.15, 0.2) is 5.82 Å². The second-order valence-electron chi connectivity index (χ2n) is 4.79. The zero-order valence-electron chi connectivity index (χ0n) is 12.4. The minimum atomic E-state index is 0.335. The van der Waals surface area contributed by atoms with Crippen molar-refractivity contribution in [3.05, 3.63) is 11.2 Å². The molecule has 1 atom stereocenters. The van der Waals surface area contributed by atoms with E-state index in [1.165, 1.54) is 0 Å². The molecule has 0 aromatic carbocycles. The Morgan fingerprint density at radius 2 is 2.05 bits per heavy atom. The van der Waals surface area contributed by atoms with E-state index in [0.717, 1.165) is 25.5 Å². The molecule has 108 valence electrons. The van der Waals surface area contributed by atoms with Crippen LogP contribution in [0, 0.1) is 0 Å². The van der Waals surface area contributed by atoms with Crippen molar-refractivity contribution in [3.63, 3.8) is 0 Å². The maximum absolute atomic E-state index is 6.24. The van der Waals surface area contributed by atoms with Gasteiger partial charge in [0, 0.05) is 25.7 Å². The van der Waals surface area contributed by atoms with Crippen LogP contribution in [0.5, 0.6) is 0 Å². The molecule has 1 rings (SSSR count). The topological polar surface area (TPSA) is 44.3 Å². The minimum absolute atomic E-state index is 0.335. The van der Waals surface area contributed by atoms with Gasteiger partial charge >= 0.3 is 0 Å². The molecular formula is C13H24ClN5. The van der Waals surface area contributed by atoms with Crippen LogP contribution in [0.2, 0.25) is 5.02 Å². The fourth-order valence-corrected chi connectivity index (χ4v) is 2.30. The molecule has 0 saturated heterocycles. The monoisotopic (exact) mass is 285 g/mol. The Morgan fingerprint density at radius 1 is 1.37 bits per heavy atom. The number of hydrogen-bond donors (Lipinski definition) is 1. The normalized spacial score (nSPS) is 12.6. The smallest absolute Gasteiger partial charge is 0.224 e. The summed E-state index contributed by atoms with van der Waals surface area (Å²) in [6.07, 6.45) is 1.66. The van der Waals surface area contributed by atoms with E-state index in [4.69, 9.17) is 11.6 Å². The van der Waals surface area contributed by atoms with Crippen LogP contribution in [0.15, 0.2) is 6.20 Å². The number of anilines is 2. The molecule has 19 heavy (non-hydrogen) atoms. The number of nitrogens with zero attached hydrogens (tertiary/aromatic N) is 4. The van der Waals surface area contributed by atoms with Crippen molar-refractivity contribution in [1.29, 1.82) is 0 Å². The summed E-state index contributed by atoms with van der Waals surface area (Å²) in [6, 6.07) is 0.335. The summed E-state index contributed by atoms with van der Waals surface area (Å²) in [5.74, 6) is 1.42. The fourth-order valence-electron chi connectivity index (χ4n) is 2.10. The highest BCUT2D eigenvalue weighted by Gasteiger charge is 2.18. The molecule has 0 amide bonds. The van der Waals surface area contributed by atoms with Crippen LogP contribution in [0.3, 0.4) is 0 Å². The van der Waals surface area contributed by atoms with E-state index >= 15 is 0 Å². The molecule has 0 bridgehead atoms. The van der Waals surface area contributed by atoms with E-state index in [1.54, 1.807) is 6.20 Å². The summed E-state index contributed by atoms with van der Waals surface area (Å²) in [7, 11) is 4.13. The third-order valence-electron chi connectivity index (χ3n) is 2.83. The van der Waals surface area contributed by atoms with Gasteiger partial charge in [-0.1, -0.05) is 11.6 Å². The number of nitrogens with one attached hydrogen (secondary N) is 1. The predicted molar refractivity (Wildman–Crippen MR) is 82.2 cm³/mol. The highest BCUT2D eigenvalue weighted by Crippen LogP contribution is 2.25. The zero-order chi connectivity index (χ0) is 14.4. The number of halogens is 1. The molecule has 0 aliphatic rings. The molecule has 0 aliphatic heterocycles. The van der Waals surface area contributed by atoms with Gasteiger partial charge in [-0.25, -0.2) is 4.98 Å². The van der Waals surface area contributed by atoms with E-state index in [2.05, 4.69) is 53.0 Å². The molecule has 1 heterocycles. The van der Waals surface area contributed by atoms with Crippen molar-refractivity contribution in [1.82, 2.24) is 14.9 Å². The predicted octanol–water partition coefficient (Wildman–Crippen LogP) is 2.34. The first-order chi connectivity index (χ1) is 8.99. The minimum Gasteiger partial charge on any atom is -0.354 e. The van der Waals surface area contributed by atoms with Gasteiger partial charge in [0.05, 0.1) is 6.20 Å². The van der Waals surface area contributed by atoms with E-state index in [9.17, 15) is 0 Å². The Hall–Kier alpha value is -1.07. The molecule has 1 aromatic heterocycles. The van der Waals surface area contributed by atoms with Crippen molar-refractivity contribution >= 4 is 23.4 Å². The molecule has 6 heteroatoms. The summed E-state index contributed by atoms with van der Waals surface area (Å²) in [6.45, 7) is 8.90. The number of aromatic nitrogens is 2. The Labute approximate surface area is 121 Å². The second-order valence-corrected chi connectivity index (χ2v) is 5.20. The third kappa shape index (κ3) is 4.51. The lowest BCUT2D eigenvalue weighted by Crippen LogP contribution is -2.40. The largest absolute Gasteiger partial charge is 0.354 e. The Balaban J connectivity index is 2.99. The summed E-state index contributed by atoms with van der Waals surface area (Å²) in [5, 5.41) is 3.71. The van der Waals surface area contributed by atoms with Gasteiger partial charge in [-0.15, -0.1) is 0 Å². The number of rotatable bonds is 7. The zero-order valence-corrected chi connectivity index (χ0v) is 13.2. The molecule has 1 N–H and O–H groups in total. The number of hydrogen-bond acceptors (Lipinski definition) is 5. The first-order valence-electron chi connectivity index (χ1n) is 6.67. The summed E-state index contributed by atoms with van der Waals surface area (Å²) in [4.78, 5) is 13.0. The highest BCUT2D eigenvalue weighted by atomic mass is 35.5. The molecule has 0 spiro atoms. The van der Waals surface area contributed by atoms with Crippen molar-refractivity contribution < 1.29 is 0 Å². The van der Waals surface area contributed by atoms with Crippen molar-refractivity contribution in [2.75, 3.05) is 43.9 Å². The van der Waals surface area contributed by atoms with E-state index in [0.29, 0.717) is 17.0 Å². The Bertz CT molecular complexity index is 397. The van der Waals surface area contributed by atoms with Crippen LogP contribution in [-0.4, -0.2) is 54.6 Å². The van der Waals surface area contributed by atoms with E-state index in [1.807, 2.05) is 6.92 Å². The molecule has 1 aromatic rings. The van der Waals surface area contributed by atoms with Crippen LogP contribution >= 0.6 is 11.6 Å². The second kappa shape index (κ2) is 7.50. The fraction of sp³-hybridized carbons (Fsp3) is 0.692. The van der Waals surface area contributed by atoms with Gasteiger partial charge in [0.1, 0.15) is 5.02 Å². The van der Waals surface area contributed by atoms with Crippen molar-refractivity contribution in [3.8, 4) is 0 Å². The molecular weight excluding hydrogens is 262 g/mol. The van der Waals surface area contributed by atoms with Gasteiger partial charge in [-0.3, -0.25) is 0 Å². The molecule has 0 aliphatic carbocycles. The van der Waals surface area contributed by atoms with Crippen LogP contribution in [0.1, 0.15) is 20.8 Å². The lowest BCUT2D eigenvalue weighted by Gasteiger charge is -2.31. The van der Waals surface area contributed by atoms with Crippen LogP contribution in [-0.2, 0) is 0 Å². The molecule has 0 fully saturated rings. The molecule has 5 nitrogen and oxygen atoms in total. The van der Waals surface area contributed by atoms with E-state index in [-0.39, 0.29) is 0 Å². The molecule has 0 radical (unpaired) electrons.